The third kappa shape index (κ3) is 4.71. The second-order valence-corrected chi connectivity index (χ2v) is 9.78. The highest BCUT2D eigenvalue weighted by Crippen LogP contribution is 2.40. The van der Waals surface area contributed by atoms with E-state index in [0.29, 0.717) is 21.5 Å². The smallest absolute Gasteiger partial charge is 0.323 e. The molecule has 1 aromatic heterocycles. The zero-order chi connectivity index (χ0) is 24.4. The van der Waals surface area contributed by atoms with Gasteiger partial charge in [-0.05, 0) is 48.9 Å². The van der Waals surface area contributed by atoms with E-state index in [2.05, 4.69) is 0 Å². The van der Waals surface area contributed by atoms with Gasteiger partial charge in [-0.25, -0.2) is 4.99 Å². The Kier molecular flexibility index (Phi) is 6.63. The van der Waals surface area contributed by atoms with Crippen LogP contribution in [0.5, 0.6) is 5.75 Å². The molecule has 0 spiro atoms. The molecule has 2 aromatic carbocycles. The van der Waals surface area contributed by atoms with Crippen molar-refractivity contribution in [2.24, 2.45) is 4.99 Å². The summed E-state index contributed by atoms with van der Waals surface area (Å²) >= 11 is 1.37. The molecule has 8 heteroatoms. The Hall–Kier alpha value is -3.52. The van der Waals surface area contributed by atoms with Crippen LogP contribution >= 0.6 is 11.8 Å². The standard InChI is InChI=1S/C27H27N3O4S/c1-34-23-14-8-6-12-21(23)28-27-30(19-9-3-2-4-10-19)26(33)24(35-27)15-18-16-29(17-25(31)32)22-13-7-5-11-20(18)22/h5-8,11-16,19H,2-4,9-10,17H2,1H3,(H,31,32)/b24-15-,28-27?. The van der Waals surface area contributed by atoms with Crippen LogP contribution in [-0.4, -0.2) is 44.8 Å². The number of thioether (sulfide) groups is 1. The van der Waals surface area contributed by atoms with Crippen LogP contribution in [0.1, 0.15) is 37.7 Å². The molecule has 1 aliphatic carbocycles. The highest BCUT2D eigenvalue weighted by Gasteiger charge is 2.39. The Morgan fingerprint density at radius 3 is 2.66 bits per heavy atom. The highest BCUT2D eigenvalue weighted by atomic mass is 32.2. The minimum Gasteiger partial charge on any atom is -0.494 e. The molecule has 1 amide bonds. The van der Waals surface area contributed by atoms with Crippen molar-refractivity contribution in [1.29, 1.82) is 0 Å². The van der Waals surface area contributed by atoms with Crippen LogP contribution < -0.4 is 4.74 Å². The third-order valence-electron chi connectivity index (χ3n) is 6.49. The fraction of sp³-hybridized carbons (Fsp3) is 0.296. The lowest BCUT2D eigenvalue weighted by Crippen LogP contribution is -2.40. The highest BCUT2D eigenvalue weighted by molar-refractivity contribution is 8.18. The molecular weight excluding hydrogens is 462 g/mol. The quantitative estimate of drug-likeness (QED) is 0.451. The second-order valence-electron chi connectivity index (χ2n) is 8.77. The maximum atomic E-state index is 13.7. The first kappa shape index (κ1) is 23.2. The van der Waals surface area contributed by atoms with Gasteiger partial charge in [0.15, 0.2) is 5.17 Å². The zero-order valence-electron chi connectivity index (χ0n) is 19.5. The maximum absolute atomic E-state index is 13.7. The van der Waals surface area contributed by atoms with Gasteiger partial charge in [0.2, 0.25) is 0 Å². The van der Waals surface area contributed by atoms with Gasteiger partial charge in [0.05, 0.1) is 12.0 Å². The summed E-state index contributed by atoms with van der Waals surface area (Å²) in [5.74, 6) is -0.303. The van der Waals surface area contributed by atoms with Crippen LogP contribution in [-0.2, 0) is 16.1 Å². The van der Waals surface area contributed by atoms with Gasteiger partial charge >= 0.3 is 5.97 Å². The van der Waals surface area contributed by atoms with Gasteiger partial charge in [-0.1, -0.05) is 49.6 Å². The number of para-hydroxylation sites is 3. The maximum Gasteiger partial charge on any atom is 0.323 e. The summed E-state index contributed by atoms with van der Waals surface area (Å²) in [5, 5.41) is 10.9. The normalized spacial score (nSPS) is 19.2. The molecule has 35 heavy (non-hydrogen) atoms. The van der Waals surface area contributed by atoms with Gasteiger partial charge in [-0.15, -0.1) is 0 Å². The first-order chi connectivity index (χ1) is 17.0. The van der Waals surface area contributed by atoms with Gasteiger partial charge < -0.3 is 14.4 Å². The largest absolute Gasteiger partial charge is 0.494 e. The SMILES string of the molecule is COc1ccccc1N=C1S/C(=C\c2cn(CC(=O)O)c3ccccc23)C(=O)N1C1CCCCC1. The topological polar surface area (TPSA) is 84.1 Å². The molecule has 0 radical (unpaired) electrons. The van der Waals surface area contributed by atoms with Crippen LogP contribution in [0.2, 0.25) is 0 Å². The van der Waals surface area contributed by atoms with Crippen LogP contribution in [0.4, 0.5) is 5.69 Å². The van der Waals surface area contributed by atoms with E-state index in [1.807, 2.05) is 59.5 Å². The van der Waals surface area contributed by atoms with E-state index in [-0.39, 0.29) is 18.5 Å². The molecule has 1 saturated carbocycles. The number of aromatic nitrogens is 1. The number of aliphatic imine (C=N–C) groups is 1. The van der Waals surface area contributed by atoms with Crippen molar-refractivity contribution in [2.75, 3.05) is 7.11 Å². The third-order valence-corrected chi connectivity index (χ3v) is 7.47. The van der Waals surface area contributed by atoms with Gasteiger partial charge in [-0.2, -0.15) is 0 Å². The van der Waals surface area contributed by atoms with Crippen LogP contribution in [0.3, 0.4) is 0 Å². The molecule has 180 valence electrons. The predicted molar refractivity (Wildman–Crippen MR) is 139 cm³/mol. The number of hydrogen-bond donors (Lipinski definition) is 1. The molecule has 1 N–H and O–H groups in total. The van der Waals surface area contributed by atoms with Gasteiger partial charge in [0, 0.05) is 28.7 Å². The molecule has 3 aromatic rings. The summed E-state index contributed by atoms with van der Waals surface area (Å²) in [6.45, 7) is -0.139. The summed E-state index contributed by atoms with van der Waals surface area (Å²) in [5.41, 5.74) is 2.33. The monoisotopic (exact) mass is 489 g/mol. The number of amides is 1. The Morgan fingerprint density at radius 2 is 1.89 bits per heavy atom. The van der Waals surface area contributed by atoms with Crippen molar-refractivity contribution in [3.05, 3.63) is 65.2 Å². The molecule has 7 nitrogen and oxygen atoms in total. The number of ether oxygens (including phenoxy) is 1. The van der Waals surface area contributed by atoms with Crippen molar-refractivity contribution in [3.63, 3.8) is 0 Å². The fourth-order valence-corrected chi connectivity index (χ4v) is 5.90. The summed E-state index contributed by atoms with van der Waals surface area (Å²) < 4.78 is 7.19. The molecule has 1 saturated heterocycles. The summed E-state index contributed by atoms with van der Waals surface area (Å²) in [6.07, 6.45) is 8.99. The number of amidine groups is 1. The number of carboxylic acids is 1. The van der Waals surface area contributed by atoms with Crippen LogP contribution in [0.15, 0.2) is 64.6 Å². The first-order valence-corrected chi connectivity index (χ1v) is 12.6. The summed E-state index contributed by atoms with van der Waals surface area (Å²) in [6, 6.07) is 15.3. The molecule has 2 heterocycles. The number of carbonyl (C=O) groups is 2. The molecule has 0 bridgehead atoms. The molecule has 0 atom stereocenters. The van der Waals surface area contributed by atoms with E-state index in [1.165, 1.54) is 18.2 Å². The Balaban J connectivity index is 1.57. The lowest BCUT2D eigenvalue weighted by Gasteiger charge is -2.30. The van der Waals surface area contributed by atoms with Crippen molar-refractivity contribution >= 4 is 51.5 Å². The molecule has 0 unspecified atom stereocenters. The first-order valence-electron chi connectivity index (χ1n) is 11.8. The van der Waals surface area contributed by atoms with E-state index >= 15 is 0 Å². The summed E-state index contributed by atoms with van der Waals surface area (Å²) in [7, 11) is 1.61. The number of fused-ring (bicyclic) bond motifs is 1. The molecule has 2 aliphatic rings. The summed E-state index contributed by atoms with van der Waals surface area (Å²) in [4.78, 5) is 32.4. The number of hydrogen-bond acceptors (Lipinski definition) is 5. The van der Waals surface area contributed by atoms with E-state index in [0.717, 1.165) is 42.1 Å². The predicted octanol–water partition coefficient (Wildman–Crippen LogP) is 5.67. The average Bonchev–Trinajstić information content (AvgIpc) is 3.36. The van der Waals surface area contributed by atoms with Crippen molar-refractivity contribution in [1.82, 2.24) is 9.47 Å². The zero-order valence-corrected chi connectivity index (χ0v) is 20.3. The minimum absolute atomic E-state index is 0.0504. The Morgan fingerprint density at radius 1 is 1.14 bits per heavy atom. The van der Waals surface area contributed by atoms with Crippen LogP contribution in [0.25, 0.3) is 17.0 Å². The number of benzene rings is 2. The van der Waals surface area contributed by atoms with E-state index in [1.54, 1.807) is 17.9 Å². The van der Waals surface area contributed by atoms with Gasteiger partial charge in [-0.3, -0.25) is 14.5 Å². The number of nitrogens with zero attached hydrogens (tertiary/aromatic N) is 3. The second kappa shape index (κ2) is 10.00. The van der Waals surface area contributed by atoms with Crippen molar-refractivity contribution in [3.8, 4) is 5.75 Å². The lowest BCUT2D eigenvalue weighted by molar-refractivity contribution is -0.137. The molecular formula is C27H27N3O4S. The van der Waals surface area contributed by atoms with Gasteiger partial charge in [0.1, 0.15) is 18.0 Å². The molecule has 5 rings (SSSR count). The Bertz CT molecular complexity index is 1340. The fourth-order valence-electron chi connectivity index (χ4n) is 4.86. The Labute approximate surface area is 208 Å². The number of carboxylic acid groups (broad SMARTS) is 1. The van der Waals surface area contributed by atoms with Gasteiger partial charge in [0.25, 0.3) is 5.91 Å². The number of aliphatic carboxylic acids is 1. The number of carbonyl (C=O) groups excluding carboxylic acids is 1. The van der Waals surface area contributed by atoms with Crippen LogP contribution in [0, 0.1) is 0 Å². The van der Waals surface area contributed by atoms with Crippen molar-refractivity contribution < 1.29 is 19.4 Å². The van der Waals surface area contributed by atoms with E-state index in [4.69, 9.17) is 9.73 Å². The van der Waals surface area contributed by atoms with E-state index < -0.39 is 5.97 Å². The lowest BCUT2D eigenvalue weighted by atomic mass is 9.94. The molecule has 2 fully saturated rings. The van der Waals surface area contributed by atoms with Crippen molar-refractivity contribution in [2.45, 2.75) is 44.7 Å². The number of methoxy groups -OCH3 is 1. The minimum atomic E-state index is -0.911. The average molecular weight is 490 g/mol. The number of rotatable bonds is 6. The molecule has 1 aliphatic heterocycles. The van der Waals surface area contributed by atoms with E-state index in [9.17, 15) is 14.7 Å².